The van der Waals surface area contributed by atoms with Crippen molar-refractivity contribution in [2.45, 2.75) is 27.2 Å². The van der Waals surface area contributed by atoms with Gasteiger partial charge in [0.1, 0.15) is 10.6 Å². The molecule has 0 aliphatic carbocycles. The molecular weight excluding hydrogens is 452 g/mol. The van der Waals surface area contributed by atoms with Crippen molar-refractivity contribution in [3.8, 4) is 5.88 Å². The van der Waals surface area contributed by atoms with Gasteiger partial charge in [0.2, 0.25) is 11.8 Å². The Morgan fingerprint density at radius 1 is 1.06 bits per heavy atom. The molecule has 0 saturated carbocycles. The zero-order valence-electron chi connectivity index (χ0n) is 19.9. The molecule has 178 valence electrons. The molecule has 1 aromatic heterocycles. The average molecular weight is 481 g/mol. The van der Waals surface area contributed by atoms with Crippen LogP contribution in [0.3, 0.4) is 0 Å². The Labute approximate surface area is 202 Å². The first-order valence-electron chi connectivity index (χ1n) is 10.8. The van der Waals surface area contributed by atoms with E-state index in [1.54, 1.807) is 12.1 Å². The number of rotatable bonds is 6. The van der Waals surface area contributed by atoms with E-state index in [0.717, 1.165) is 44.0 Å². The molecule has 2 aromatic carbocycles. The number of hydrogen-bond donors (Lipinski definition) is 2. The maximum atomic E-state index is 12.9. The predicted octanol–water partition coefficient (Wildman–Crippen LogP) is 3.42. The Morgan fingerprint density at radius 3 is 2.35 bits per heavy atom. The summed E-state index contributed by atoms with van der Waals surface area (Å²) >= 11 is 1.02. The predicted molar refractivity (Wildman–Crippen MR) is 138 cm³/mol. The maximum absolute atomic E-state index is 12.9. The van der Waals surface area contributed by atoms with Crippen molar-refractivity contribution >= 4 is 34.1 Å². The molecule has 0 fully saturated rings. The molecule has 0 bridgehead atoms. The molecule has 0 aliphatic heterocycles. The van der Waals surface area contributed by atoms with Gasteiger partial charge in [-0.15, -0.1) is 0 Å². The molecule has 0 saturated heterocycles. The third kappa shape index (κ3) is 5.48. The monoisotopic (exact) mass is 480 g/mol. The van der Waals surface area contributed by atoms with Gasteiger partial charge in [0.05, 0.1) is 11.4 Å². The fourth-order valence-electron chi connectivity index (χ4n) is 3.38. The van der Waals surface area contributed by atoms with E-state index in [1.807, 2.05) is 51.1 Å². The van der Waals surface area contributed by atoms with Gasteiger partial charge in [-0.05, 0) is 49.6 Å². The lowest BCUT2D eigenvalue weighted by Gasteiger charge is -2.13. The van der Waals surface area contributed by atoms with Gasteiger partial charge in [-0.2, -0.15) is 0 Å². The maximum Gasteiger partial charge on any atom is 0.333 e. The Kier molecular flexibility index (Phi) is 7.78. The van der Waals surface area contributed by atoms with Crippen LogP contribution >= 0.6 is 11.8 Å². The highest BCUT2D eigenvalue weighted by molar-refractivity contribution is 8.15. The molecule has 8 nitrogen and oxygen atoms in total. The lowest BCUT2D eigenvalue weighted by Crippen LogP contribution is -2.39. The van der Waals surface area contributed by atoms with E-state index in [2.05, 4.69) is 10.3 Å². The average Bonchev–Trinajstić information content (AvgIpc) is 2.82. The normalized spacial score (nSPS) is 11.5. The van der Waals surface area contributed by atoms with Crippen molar-refractivity contribution in [2.75, 3.05) is 11.1 Å². The van der Waals surface area contributed by atoms with Gasteiger partial charge >= 0.3 is 5.69 Å². The Morgan fingerprint density at radius 2 is 1.74 bits per heavy atom. The fourth-order valence-corrected chi connectivity index (χ4v) is 4.21. The minimum atomic E-state index is -0.688. The van der Waals surface area contributed by atoms with Crippen LogP contribution in [-0.4, -0.2) is 30.9 Å². The van der Waals surface area contributed by atoms with Gasteiger partial charge in [-0.1, -0.05) is 48.5 Å². The summed E-state index contributed by atoms with van der Waals surface area (Å²) in [6.45, 7) is 5.93. The Balaban J connectivity index is 1.97. The number of nitrogens with zero attached hydrogens (tertiary/aromatic N) is 3. The van der Waals surface area contributed by atoms with Crippen LogP contribution in [0.15, 0.2) is 57.0 Å². The number of carbonyl (C=O) groups is 1. The zero-order chi connectivity index (χ0) is 25.0. The van der Waals surface area contributed by atoms with Gasteiger partial charge < -0.3 is 10.4 Å². The largest absolute Gasteiger partial charge is 0.494 e. The molecule has 3 aromatic rings. The second kappa shape index (κ2) is 10.6. The van der Waals surface area contributed by atoms with Crippen molar-refractivity contribution < 1.29 is 9.90 Å². The number of hydrogen-bond acceptors (Lipinski definition) is 6. The van der Waals surface area contributed by atoms with Crippen molar-refractivity contribution in [3.05, 3.63) is 85.6 Å². The van der Waals surface area contributed by atoms with Crippen LogP contribution in [0, 0.1) is 13.8 Å². The summed E-state index contributed by atoms with van der Waals surface area (Å²) in [6.07, 6.45) is 0.867. The van der Waals surface area contributed by atoms with Crippen LogP contribution in [0.5, 0.6) is 5.88 Å². The number of thioether (sulfide) groups is 1. The summed E-state index contributed by atoms with van der Waals surface area (Å²) in [5, 5.41) is 13.6. The van der Waals surface area contributed by atoms with E-state index < -0.39 is 17.1 Å². The van der Waals surface area contributed by atoms with Crippen LogP contribution in [0.4, 0.5) is 11.4 Å². The zero-order valence-corrected chi connectivity index (χ0v) is 20.7. The Hall–Kier alpha value is -3.59. The van der Waals surface area contributed by atoms with Crippen molar-refractivity contribution in [1.29, 1.82) is 0 Å². The summed E-state index contributed by atoms with van der Waals surface area (Å²) in [4.78, 5) is 42.3. The summed E-state index contributed by atoms with van der Waals surface area (Å²) in [5.74, 6) is -0.837. The number of nitrogens with one attached hydrogen (secondary N) is 1. The van der Waals surface area contributed by atoms with E-state index in [1.165, 1.54) is 14.1 Å². The summed E-state index contributed by atoms with van der Waals surface area (Å²) in [5.41, 5.74) is 2.94. The molecule has 0 radical (unpaired) electrons. The van der Waals surface area contributed by atoms with Gasteiger partial charge in [-0.25, -0.2) is 9.79 Å². The minimum Gasteiger partial charge on any atom is -0.494 e. The first-order chi connectivity index (χ1) is 16.1. The molecule has 34 heavy (non-hydrogen) atoms. The van der Waals surface area contributed by atoms with Crippen LogP contribution in [-0.2, 0) is 25.3 Å². The number of amides is 1. The Bertz CT molecular complexity index is 1370. The topological polar surface area (TPSA) is 106 Å². The SMILES string of the molecule is CCc1ccc(N=C(SCC(=O)Nc2ccc(C)cc2C)c2c(O)n(C)c(=O)n(C)c2=O)cc1. The van der Waals surface area contributed by atoms with Crippen LogP contribution in [0.25, 0.3) is 0 Å². The summed E-state index contributed by atoms with van der Waals surface area (Å²) in [7, 11) is 2.70. The van der Waals surface area contributed by atoms with Gasteiger partial charge in [0.15, 0.2) is 0 Å². The number of aliphatic imine (C=N–C) groups is 1. The van der Waals surface area contributed by atoms with Crippen molar-refractivity contribution in [1.82, 2.24) is 9.13 Å². The highest BCUT2D eigenvalue weighted by atomic mass is 32.2. The first-order valence-corrected chi connectivity index (χ1v) is 11.8. The second-order valence-corrected chi connectivity index (χ2v) is 8.96. The molecule has 9 heteroatoms. The fraction of sp³-hybridized carbons (Fsp3) is 0.280. The van der Waals surface area contributed by atoms with Crippen LogP contribution < -0.4 is 16.6 Å². The summed E-state index contributed by atoms with van der Waals surface area (Å²) in [6, 6.07) is 13.2. The van der Waals surface area contributed by atoms with E-state index in [-0.39, 0.29) is 22.3 Å². The number of benzene rings is 2. The lowest BCUT2D eigenvalue weighted by molar-refractivity contribution is -0.113. The summed E-state index contributed by atoms with van der Waals surface area (Å²) < 4.78 is 1.88. The van der Waals surface area contributed by atoms with Crippen LogP contribution in [0.1, 0.15) is 29.2 Å². The van der Waals surface area contributed by atoms with Crippen molar-refractivity contribution in [2.24, 2.45) is 19.1 Å². The molecule has 0 unspecified atom stereocenters. The van der Waals surface area contributed by atoms with E-state index in [0.29, 0.717) is 11.4 Å². The molecule has 0 aliphatic rings. The third-order valence-electron chi connectivity index (χ3n) is 5.42. The second-order valence-electron chi connectivity index (χ2n) is 8.00. The number of aromatic hydroxyl groups is 1. The quantitative estimate of drug-likeness (QED) is 0.415. The molecule has 3 rings (SSSR count). The smallest absolute Gasteiger partial charge is 0.333 e. The third-order valence-corrected chi connectivity index (χ3v) is 6.39. The number of carbonyl (C=O) groups excluding carboxylic acids is 1. The molecule has 0 atom stereocenters. The van der Waals surface area contributed by atoms with Crippen molar-refractivity contribution in [3.63, 3.8) is 0 Å². The molecule has 1 heterocycles. The highest BCUT2D eigenvalue weighted by Crippen LogP contribution is 2.24. The lowest BCUT2D eigenvalue weighted by atomic mass is 10.1. The highest BCUT2D eigenvalue weighted by Gasteiger charge is 2.22. The molecular formula is C25H28N4O4S. The minimum absolute atomic E-state index is 0.0510. The van der Waals surface area contributed by atoms with E-state index in [4.69, 9.17) is 0 Å². The van der Waals surface area contributed by atoms with Gasteiger partial charge in [-0.3, -0.25) is 18.7 Å². The van der Waals surface area contributed by atoms with Gasteiger partial charge in [0.25, 0.3) is 5.56 Å². The first kappa shape index (κ1) is 25.0. The van der Waals surface area contributed by atoms with E-state index in [9.17, 15) is 19.5 Å². The van der Waals surface area contributed by atoms with Crippen LogP contribution in [0.2, 0.25) is 0 Å². The molecule has 1 amide bonds. The molecule has 0 spiro atoms. The van der Waals surface area contributed by atoms with E-state index >= 15 is 0 Å². The number of aromatic nitrogens is 2. The van der Waals surface area contributed by atoms with Gasteiger partial charge in [0, 0.05) is 19.8 Å². The standard InChI is InChI=1S/C25H28N4O4S/c1-6-17-8-10-18(11-9-17)26-22(21-23(31)28(4)25(33)29(5)24(21)32)34-14-20(30)27-19-12-7-15(2)13-16(19)3/h7-13,31H,6,14H2,1-5H3,(H,27,30). The number of aryl methyl sites for hydroxylation is 3. The molecule has 2 N–H and O–H groups in total. The number of anilines is 1.